The molecule has 11 nitrogen and oxygen atoms in total. The molecule has 0 aliphatic rings. The van der Waals surface area contributed by atoms with Gasteiger partial charge in [-0.15, -0.1) is 0 Å². The highest BCUT2D eigenvalue weighted by Gasteiger charge is 2.41. The number of hydrogen-bond donors (Lipinski definition) is 3. The molecule has 36 heteroatoms. The third-order valence-electron chi connectivity index (χ3n) is 8.60. The topological polar surface area (TPSA) is 166 Å². The average molecular weight is 1270 g/mol. The lowest BCUT2D eigenvalue weighted by Gasteiger charge is -2.18. The number of carbonyl (C=O) groups excluding carboxylic acids is 2. The number of aliphatic hydroxyl groups excluding tert-OH is 1. The molecular weight excluding hydrogens is 1240 g/mol. The largest absolute Gasteiger partial charge is 0.480 e. The summed E-state index contributed by atoms with van der Waals surface area (Å²) >= 11 is 16.6. The first-order valence-electron chi connectivity index (χ1n) is 20.3. The molecule has 3 atom stereocenters. The number of carboxylic acids is 2. The molecular formula is C45H27Cl3F22O11. The molecule has 5 aromatic carbocycles. The van der Waals surface area contributed by atoms with Gasteiger partial charge in [-0.05, 0) is 75.4 Å². The highest BCUT2D eigenvalue weighted by molar-refractivity contribution is 6.32. The van der Waals surface area contributed by atoms with E-state index in [9.17, 15) is 116 Å². The Morgan fingerprint density at radius 1 is 0.444 bits per heavy atom. The van der Waals surface area contributed by atoms with Crippen molar-refractivity contribution in [3.8, 4) is 23.0 Å². The lowest BCUT2D eigenvalue weighted by Crippen LogP contribution is -2.31. The highest BCUT2D eigenvalue weighted by atomic mass is 35.5. The van der Waals surface area contributed by atoms with Gasteiger partial charge in [-0.3, -0.25) is 0 Å². The average Bonchev–Trinajstić information content (AvgIpc) is 3.37. The third kappa shape index (κ3) is 21.0. The van der Waals surface area contributed by atoms with Crippen LogP contribution >= 0.6 is 34.8 Å². The number of carboxylic acid groups (broad SMARTS) is 2. The fraction of sp³-hybridized carbons (Fsp3) is 0.244. The van der Waals surface area contributed by atoms with E-state index in [1.807, 2.05) is 0 Å². The van der Waals surface area contributed by atoms with Crippen LogP contribution < -0.4 is 18.9 Å². The molecule has 0 heterocycles. The van der Waals surface area contributed by atoms with E-state index in [0.717, 1.165) is 61.5 Å². The zero-order chi connectivity index (χ0) is 63.4. The third-order valence-corrected chi connectivity index (χ3v) is 9.48. The van der Waals surface area contributed by atoms with Gasteiger partial charge in [-0.2, -0.15) is 65.9 Å². The molecule has 0 aromatic heterocycles. The van der Waals surface area contributed by atoms with Crippen molar-refractivity contribution in [2.75, 3.05) is 0 Å². The monoisotopic (exact) mass is 1270 g/mol. The first kappa shape index (κ1) is 71.9. The molecule has 1 unspecified atom stereocenters. The number of aromatic carboxylic acids is 2. The summed E-state index contributed by atoms with van der Waals surface area (Å²) in [6, 6.07) is 8.87. The minimum Gasteiger partial charge on any atom is -0.480 e. The smallest absolute Gasteiger partial charge is 0.425 e. The zero-order valence-electron chi connectivity index (χ0n) is 39.5. The van der Waals surface area contributed by atoms with Crippen LogP contribution in [0.2, 0.25) is 15.1 Å². The van der Waals surface area contributed by atoms with Crippen LogP contribution in [0.1, 0.15) is 58.8 Å². The van der Waals surface area contributed by atoms with E-state index in [0.29, 0.717) is 13.8 Å². The summed E-state index contributed by atoms with van der Waals surface area (Å²) in [5.74, 6) is -39.9. The van der Waals surface area contributed by atoms with Gasteiger partial charge < -0.3 is 34.3 Å². The molecule has 0 amide bonds. The Morgan fingerprint density at radius 2 is 0.728 bits per heavy atom. The predicted molar refractivity (Wildman–Crippen MR) is 232 cm³/mol. The second-order valence-corrected chi connectivity index (χ2v) is 16.0. The van der Waals surface area contributed by atoms with Gasteiger partial charge in [0.2, 0.25) is 69.7 Å². The SMILES string of the molecule is CC(F)(F)C(=O)Oc1c(F)c(F)c(F)c(F)c1F.CC(O)C(F)(F)F.C[C@@H](Oc1ccc(C(=O)O)cc1Cl)C(F)(F)F.C[C@@H](Oc1ccc(C(=O)Oc2c(F)c(F)c(F)c(F)c2F)cc1Cl)C(F)(F)F.O=C(O)c1ccc(F)c(Cl)c1. The van der Waals surface area contributed by atoms with Crippen molar-refractivity contribution in [3.63, 3.8) is 0 Å². The Balaban J connectivity index is 0.000000541. The maximum Gasteiger partial charge on any atom is 0.425 e. The molecule has 0 spiro atoms. The van der Waals surface area contributed by atoms with Gasteiger partial charge in [-0.1, -0.05) is 34.8 Å². The van der Waals surface area contributed by atoms with Gasteiger partial charge in [0, 0.05) is 6.92 Å². The van der Waals surface area contributed by atoms with Gasteiger partial charge in [0.15, 0.2) is 12.2 Å². The fourth-order valence-electron chi connectivity index (χ4n) is 4.28. The van der Waals surface area contributed by atoms with Crippen molar-refractivity contribution in [3.05, 3.63) is 150 Å². The second-order valence-electron chi connectivity index (χ2n) is 14.8. The van der Waals surface area contributed by atoms with Crippen molar-refractivity contribution in [2.24, 2.45) is 0 Å². The van der Waals surface area contributed by atoms with Crippen LogP contribution in [0.25, 0.3) is 0 Å². The Hall–Kier alpha value is -7.13. The molecule has 0 radical (unpaired) electrons. The Labute approximate surface area is 451 Å². The summed E-state index contributed by atoms with van der Waals surface area (Å²) < 4.78 is 291. The van der Waals surface area contributed by atoms with Crippen LogP contribution in [0.3, 0.4) is 0 Å². The van der Waals surface area contributed by atoms with Crippen molar-refractivity contribution >= 4 is 58.7 Å². The summed E-state index contributed by atoms with van der Waals surface area (Å²) in [4.78, 5) is 43.3. The van der Waals surface area contributed by atoms with Gasteiger partial charge >= 0.3 is 48.3 Å². The quantitative estimate of drug-likeness (QED) is 0.0400. The second kappa shape index (κ2) is 29.0. The van der Waals surface area contributed by atoms with E-state index in [-0.39, 0.29) is 33.8 Å². The van der Waals surface area contributed by atoms with Gasteiger partial charge in [0.1, 0.15) is 23.4 Å². The Bertz CT molecular complexity index is 3020. The van der Waals surface area contributed by atoms with Crippen LogP contribution in [-0.2, 0) is 4.79 Å². The predicted octanol–water partition coefficient (Wildman–Crippen LogP) is 15.0. The maximum atomic E-state index is 13.5. The van der Waals surface area contributed by atoms with Crippen LogP contribution in [-0.4, -0.2) is 82.0 Å². The van der Waals surface area contributed by atoms with E-state index in [2.05, 4.69) is 18.9 Å². The van der Waals surface area contributed by atoms with E-state index in [1.54, 1.807) is 0 Å². The van der Waals surface area contributed by atoms with Crippen molar-refractivity contribution in [2.45, 2.75) is 70.5 Å². The van der Waals surface area contributed by atoms with Gasteiger partial charge in [0.05, 0.1) is 31.8 Å². The molecule has 448 valence electrons. The molecule has 3 N–H and O–H groups in total. The Kier molecular flexibility index (Phi) is 25.8. The number of alkyl halides is 11. The fourth-order valence-corrected chi connectivity index (χ4v) is 4.91. The number of carbonyl (C=O) groups is 4. The molecule has 0 fully saturated rings. The molecule has 5 aromatic rings. The number of rotatable bonds is 10. The normalized spacial score (nSPS) is 12.5. The lowest BCUT2D eigenvalue weighted by atomic mass is 10.2. The van der Waals surface area contributed by atoms with E-state index < -0.39 is 158 Å². The van der Waals surface area contributed by atoms with Crippen LogP contribution in [0.5, 0.6) is 23.0 Å². The molecule has 81 heavy (non-hydrogen) atoms. The molecule has 5 rings (SSSR count). The van der Waals surface area contributed by atoms with Crippen LogP contribution in [0, 0.1) is 64.0 Å². The first-order chi connectivity index (χ1) is 36.7. The van der Waals surface area contributed by atoms with E-state index >= 15 is 0 Å². The van der Waals surface area contributed by atoms with Crippen molar-refractivity contribution in [1.82, 2.24) is 0 Å². The van der Waals surface area contributed by atoms with Crippen molar-refractivity contribution < 1.29 is 150 Å². The number of hydrogen-bond acceptors (Lipinski definition) is 9. The number of esters is 2. The van der Waals surface area contributed by atoms with Crippen LogP contribution in [0.4, 0.5) is 96.6 Å². The molecule has 0 aliphatic heterocycles. The summed E-state index contributed by atoms with van der Waals surface area (Å²) in [6.07, 6.45) is -20.1. The summed E-state index contributed by atoms with van der Waals surface area (Å²) in [6.45, 7) is 2.24. The number of halogens is 25. The summed E-state index contributed by atoms with van der Waals surface area (Å²) in [7, 11) is 0. The van der Waals surface area contributed by atoms with Gasteiger partial charge in [-0.25, -0.2) is 49.9 Å². The van der Waals surface area contributed by atoms with E-state index in [1.165, 1.54) is 0 Å². The number of ether oxygens (including phenoxy) is 4. The summed E-state index contributed by atoms with van der Waals surface area (Å²) in [5, 5.41) is 24.0. The minimum atomic E-state index is -4.70. The zero-order valence-corrected chi connectivity index (χ0v) is 41.8. The van der Waals surface area contributed by atoms with Gasteiger partial charge in [0.25, 0.3) is 0 Å². The van der Waals surface area contributed by atoms with Crippen molar-refractivity contribution in [1.29, 1.82) is 0 Å². The van der Waals surface area contributed by atoms with E-state index in [4.69, 9.17) is 50.1 Å². The highest BCUT2D eigenvalue weighted by Crippen LogP contribution is 2.35. The first-order valence-corrected chi connectivity index (χ1v) is 21.4. The lowest BCUT2D eigenvalue weighted by molar-refractivity contribution is -0.197. The van der Waals surface area contributed by atoms with Crippen LogP contribution in [0.15, 0.2) is 54.6 Å². The standard InChI is InChI=1S/C16H7ClF8O3.C10H8ClF3O3.C9H3F7O2.C7H4ClFO2.C3H5F3O/c1-5(16(23,24)25)27-8-3-2-6(4-7(8)17)15(26)28-14-12(21)10(19)9(18)11(20)13(14)22;1-5(10(12,13)14)17-8-3-2-6(9(15)16)4-7(8)11;1-9(15,16)8(17)18-7-5(13)3(11)2(10)4(12)6(7)14;8-5-3-4(7(10)11)1-2-6(5)9;1-2(7)3(4,5)6/h2-5H,1H3;2-5H,1H3,(H,15,16);1H3;1-3H,(H,10,11);2,7H,1H3/t2*5-;;;/m11.../s1. The maximum absolute atomic E-state index is 13.5. The molecule has 0 aliphatic carbocycles. The molecule has 0 saturated carbocycles. The summed E-state index contributed by atoms with van der Waals surface area (Å²) in [5.41, 5.74) is -0.695. The molecule has 0 saturated heterocycles. The number of benzene rings is 5. The molecule has 0 bridgehead atoms. The number of aliphatic hydroxyl groups is 1. The minimum absolute atomic E-state index is 0.0172. The Morgan fingerprint density at radius 3 is 1.01 bits per heavy atom.